The number of carbonyl (C=O) groups is 1. The van der Waals surface area contributed by atoms with Gasteiger partial charge in [0.1, 0.15) is 10.7 Å². The van der Waals surface area contributed by atoms with Gasteiger partial charge in [-0.15, -0.1) is 18.3 Å². The molecule has 0 amide bonds. The molecule has 0 radical (unpaired) electrons. The number of allylic oxidation sites excluding steroid dienone is 1. The van der Waals surface area contributed by atoms with Crippen LogP contribution in [0.25, 0.3) is 0 Å². The Bertz CT molecular complexity index is 983. The summed E-state index contributed by atoms with van der Waals surface area (Å²) in [6.45, 7) is 3.73. The van der Waals surface area contributed by atoms with Crippen LogP contribution in [0, 0.1) is 0 Å². The number of carbonyl (C=O) groups excluding carboxylic acids is 1. The van der Waals surface area contributed by atoms with E-state index in [0.29, 0.717) is 10.0 Å². The number of halogens is 2. The van der Waals surface area contributed by atoms with Crippen LogP contribution in [0.15, 0.2) is 60.0 Å². The molecule has 0 spiro atoms. The molecular weight excluding hydrogens is 433 g/mol. The van der Waals surface area contributed by atoms with Crippen LogP contribution >= 0.6 is 46.3 Å². The number of ketones is 1. The van der Waals surface area contributed by atoms with Crippen LogP contribution in [0.3, 0.4) is 0 Å². The Hall–Kier alpha value is -1.99. The van der Waals surface area contributed by atoms with Crippen molar-refractivity contribution in [2.75, 3.05) is 16.8 Å². The van der Waals surface area contributed by atoms with E-state index in [0.717, 1.165) is 17.9 Å². The highest BCUT2D eigenvalue weighted by molar-refractivity contribution is 7.99. The van der Waals surface area contributed by atoms with Crippen molar-refractivity contribution in [1.82, 2.24) is 4.98 Å². The minimum atomic E-state index is -0.340. The van der Waals surface area contributed by atoms with E-state index in [1.54, 1.807) is 30.0 Å². The Kier molecular flexibility index (Phi) is 7.02. The van der Waals surface area contributed by atoms with Gasteiger partial charge in [-0.05, 0) is 42.8 Å². The van der Waals surface area contributed by atoms with Gasteiger partial charge < -0.3 is 11.1 Å². The highest BCUT2D eigenvalue weighted by Gasteiger charge is 2.22. The van der Waals surface area contributed by atoms with Gasteiger partial charge in [0, 0.05) is 16.3 Å². The van der Waals surface area contributed by atoms with Gasteiger partial charge in [0.15, 0.2) is 5.13 Å². The summed E-state index contributed by atoms with van der Waals surface area (Å²) in [7, 11) is 0. The fourth-order valence-corrected chi connectivity index (χ4v) is 4.66. The lowest BCUT2D eigenvalue weighted by atomic mass is 10.1. The second-order valence-corrected chi connectivity index (χ2v) is 8.72. The van der Waals surface area contributed by atoms with Crippen molar-refractivity contribution in [2.45, 2.75) is 11.3 Å². The molecule has 0 atom stereocenters. The Labute approximate surface area is 181 Å². The first-order valence-corrected chi connectivity index (χ1v) is 10.9. The zero-order valence-corrected chi connectivity index (χ0v) is 17.9. The third-order valence-corrected chi connectivity index (χ3v) is 6.41. The van der Waals surface area contributed by atoms with Crippen LogP contribution in [0.2, 0.25) is 10.0 Å². The van der Waals surface area contributed by atoms with E-state index in [2.05, 4.69) is 16.9 Å². The molecule has 0 saturated heterocycles. The molecule has 8 heteroatoms. The Balaban J connectivity index is 1.75. The summed E-state index contributed by atoms with van der Waals surface area (Å²) in [5.74, 6) is 0.799. The monoisotopic (exact) mass is 449 g/mol. The summed E-state index contributed by atoms with van der Waals surface area (Å²) in [5.41, 5.74) is 7.05. The molecule has 3 N–H and O–H groups in total. The molecule has 1 heterocycles. The number of nitrogens with one attached hydrogen (secondary N) is 1. The van der Waals surface area contributed by atoms with Crippen molar-refractivity contribution in [3.8, 4) is 0 Å². The van der Waals surface area contributed by atoms with Crippen LogP contribution in [0.5, 0.6) is 0 Å². The smallest absolute Gasteiger partial charge is 0.209 e. The first-order valence-electron chi connectivity index (χ1n) is 8.35. The highest BCUT2D eigenvalue weighted by Crippen LogP contribution is 2.34. The van der Waals surface area contributed by atoms with E-state index in [1.807, 2.05) is 30.3 Å². The number of hydrogen-bond acceptors (Lipinski definition) is 6. The highest BCUT2D eigenvalue weighted by atomic mass is 35.5. The fraction of sp³-hybridized carbons (Fsp3) is 0.100. The van der Waals surface area contributed by atoms with E-state index in [1.165, 1.54) is 16.2 Å². The molecule has 144 valence electrons. The lowest BCUT2D eigenvalue weighted by Gasteiger charge is -2.05. The van der Waals surface area contributed by atoms with Crippen molar-refractivity contribution in [2.24, 2.45) is 0 Å². The van der Waals surface area contributed by atoms with Gasteiger partial charge in [0.25, 0.3) is 0 Å². The molecule has 2 aromatic carbocycles. The second-order valence-electron chi connectivity index (χ2n) is 5.73. The molecule has 0 unspecified atom stereocenters. The normalized spacial score (nSPS) is 10.6. The number of benzene rings is 2. The van der Waals surface area contributed by atoms with Gasteiger partial charge in [0.05, 0.1) is 15.6 Å². The van der Waals surface area contributed by atoms with Crippen LogP contribution in [-0.2, 0) is 0 Å². The number of nitrogens with two attached hydrogens (primary N) is 1. The molecule has 3 rings (SSSR count). The number of nitrogen functional groups attached to an aromatic ring is 1. The number of anilines is 3. The summed E-state index contributed by atoms with van der Waals surface area (Å²) < 4.78 is 0. The average Bonchev–Trinajstić information content (AvgIpc) is 3.03. The molecule has 0 saturated carbocycles. The molecular formula is C20H17Cl2N3OS2. The summed E-state index contributed by atoms with van der Waals surface area (Å²) >= 11 is 15.2. The number of rotatable bonds is 8. The molecule has 0 fully saturated rings. The standard InChI is InChI=1S/C20H17Cl2N3OS2/c1-2-3-11-27-13-9-7-12(8-10-13)24-20-25-19(23)18(28-20)17(26)16-14(21)5-4-6-15(16)22/h2,4-10H,1,3,11,23H2,(H,24,25). The van der Waals surface area contributed by atoms with Gasteiger partial charge in [0.2, 0.25) is 5.78 Å². The van der Waals surface area contributed by atoms with Crippen LogP contribution in [0.1, 0.15) is 21.7 Å². The molecule has 0 aliphatic rings. The zero-order chi connectivity index (χ0) is 20.1. The van der Waals surface area contributed by atoms with E-state index < -0.39 is 0 Å². The summed E-state index contributed by atoms with van der Waals surface area (Å²) in [5, 5.41) is 4.27. The molecule has 3 aromatic rings. The van der Waals surface area contributed by atoms with Gasteiger partial charge in [-0.1, -0.05) is 46.7 Å². The number of nitrogens with zero attached hydrogens (tertiary/aromatic N) is 1. The maximum Gasteiger partial charge on any atom is 0.209 e. The van der Waals surface area contributed by atoms with Crippen molar-refractivity contribution in [3.05, 3.63) is 75.6 Å². The topological polar surface area (TPSA) is 68.0 Å². The molecule has 4 nitrogen and oxygen atoms in total. The number of aromatic nitrogens is 1. The maximum atomic E-state index is 12.8. The molecule has 28 heavy (non-hydrogen) atoms. The molecule has 0 aliphatic carbocycles. The zero-order valence-electron chi connectivity index (χ0n) is 14.7. The summed E-state index contributed by atoms with van der Waals surface area (Å²) in [6.07, 6.45) is 2.87. The Morgan fingerprint density at radius 1 is 1.21 bits per heavy atom. The predicted molar refractivity (Wildman–Crippen MR) is 122 cm³/mol. The lowest BCUT2D eigenvalue weighted by molar-refractivity contribution is 0.104. The first kappa shape index (κ1) is 20.7. The van der Waals surface area contributed by atoms with E-state index >= 15 is 0 Å². The van der Waals surface area contributed by atoms with Crippen molar-refractivity contribution >= 4 is 68.7 Å². The Morgan fingerprint density at radius 3 is 2.54 bits per heavy atom. The molecule has 1 aromatic heterocycles. The van der Waals surface area contributed by atoms with Gasteiger partial charge in [-0.25, -0.2) is 4.98 Å². The number of thiazole rings is 1. The predicted octanol–water partition coefficient (Wildman–Crippen LogP) is 6.67. The van der Waals surface area contributed by atoms with Crippen LogP contribution in [-0.4, -0.2) is 16.5 Å². The van der Waals surface area contributed by atoms with E-state index in [-0.39, 0.29) is 27.2 Å². The summed E-state index contributed by atoms with van der Waals surface area (Å²) in [6, 6.07) is 12.9. The minimum absolute atomic E-state index is 0.144. The van der Waals surface area contributed by atoms with Crippen molar-refractivity contribution in [3.63, 3.8) is 0 Å². The van der Waals surface area contributed by atoms with Crippen molar-refractivity contribution in [1.29, 1.82) is 0 Å². The SMILES string of the molecule is C=CCCSc1ccc(Nc2nc(N)c(C(=O)c3c(Cl)cccc3Cl)s2)cc1. The average molecular weight is 450 g/mol. The Morgan fingerprint density at radius 2 is 1.89 bits per heavy atom. The second kappa shape index (κ2) is 9.47. The number of thioether (sulfide) groups is 1. The quantitative estimate of drug-likeness (QED) is 0.174. The van der Waals surface area contributed by atoms with Crippen LogP contribution < -0.4 is 11.1 Å². The third kappa shape index (κ3) is 4.89. The largest absolute Gasteiger partial charge is 0.382 e. The molecule has 0 aliphatic heterocycles. The van der Waals surface area contributed by atoms with Crippen LogP contribution in [0.4, 0.5) is 16.6 Å². The minimum Gasteiger partial charge on any atom is -0.382 e. The first-order chi connectivity index (χ1) is 13.5. The van der Waals surface area contributed by atoms with E-state index in [4.69, 9.17) is 28.9 Å². The third-order valence-electron chi connectivity index (χ3n) is 3.75. The number of hydrogen-bond donors (Lipinski definition) is 2. The van der Waals surface area contributed by atoms with Gasteiger partial charge in [-0.3, -0.25) is 4.79 Å². The molecule has 0 bridgehead atoms. The maximum absolute atomic E-state index is 12.8. The van der Waals surface area contributed by atoms with E-state index in [9.17, 15) is 4.79 Å². The van der Waals surface area contributed by atoms with Gasteiger partial charge >= 0.3 is 0 Å². The lowest BCUT2D eigenvalue weighted by Crippen LogP contribution is -2.04. The fourth-order valence-electron chi connectivity index (χ4n) is 2.39. The summed E-state index contributed by atoms with van der Waals surface area (Å²) in [4.78, 5) is 18.6. The van der Waals surface area contributed by atoms with Gasteiger partial charge in [-0.2, -0.15) is 0 Å². The van der Waals surface area contributed by atoms with Crippen molar-refractivity contribution < 1.29 is 4.79 Å².